The Morgan fingerprint density at radius 2 is 1.63 bits per heavy atom. The van der Waals surface area contributed by atoms with Gasteiger partial charge in [0.05, 0.1) is 0 Å². The molecule has 0 amide bonds. The average Bonchev–Trinajstić information content (AvgIpc) is 2.47. The maximum atomic E-state index is 8.66. The van der Waals surface area contributed by atoms with Gasteiger partial charge in [-0.25, -0.2) is 0 Å². The van der Waals surface area contributed by atoms with Crippen LogP contribution in [0.1, 0.15) is 12.5 Å². The predicted molar refractivity (Wildman–Crippen MR) is 72.9 cm³/mol. The van der Waals surface area contributed by atoms with Gasteiger partial charge in [0.1, 0.15) is 24.2 Å². The van der Waals surface area contributed by atoms with E-state index in [-0.39, 0.29) is 0 Å². The number of ether oxygens (including phenoxy) is 2. The van der Waals surface area contributed by atoms with Crippen LogP contribution in [-0.4, -0.2) is 6.10 Å². The van der Waals surface area contributed by atoms with Gasteiger partial charge < -0.3 is 9.47 Å². The lowest BCUT2D eigenvalue weighted by atomic mass is 10.2. The molecule has 2 aromatic rings. The lowest BCUT2D eigenvalue weighted by Crippen LogP contribution is -2.07. The lowest BCUT2D eigenvalue weighted by molar-refractivity contribution is 0.274. The summed E-state index contributed by atoms with van der Waals surface area (Å²) < 4.78 is 11.0. The second-order valence-corrected chi connectivity index (χ2v) is 4.13. The van der Waals surface area contributed by atoms with E-state index in [1.807, 2.05) is 48.5 Å². The van der Waals surface area contributed by atoms with Crippen LogP contribution in [0, 0.1) is 11.3 Å². The van der Waals surface area contributed by atoms with Gasteiger partial charge in [-0.3, -0.25) is 0 Å². The smallest absolute Gasteiger partial charge is 0.181 e. The molecule has 0 aromatic heterocycles. The van der Waals surface area contributed by atoms with Crippen molar-refractivity contribution < 1.29 is 9.47 Å². The van der Waals surface area contributed by atoms with E-state index in [9.17, 15) is 0 Å². The highest BCUT2D eigenvalue weighted by atomic mass is 16.5. The first-order chi connectivity index (χ1) is 9.28. The minimum Gasteiger partial charge on any atom is -0.489 e. The van der Waals surface area contributed by atoms with Crippen LogP contribution < -0.4 is 9.47 Å². The number of benzene rings is 2. The third-order valence-electron chi connectivity index (χ3n) is 2.57. The lowest BCUT2D eigenvalue weighted by Gasteiger charge is -2.09. The van der Waals surface area contributed by atoms with Crippen LogP contribution in [-0.2, 0) is 6.61 Å². The SMILES string of the molecule is C[C@H](C#N)Oc1ccc(OCc2ccccc2)cc1. The molecule has 0 radical (unpaired) electrons. The van der Waals surface area contributed by atoms with Crippen molar-refractivity contribution in [1.29, 1.82) is 5.26 Å². The second kappa shape index (κ2) is 6.46. The van der Waals surface area contributed by atoms with E-state index in [0.717, 1.165) is 11.3 Å². The molecule has 0 unspecified atom stereocenters. The fraction of sp³-hybridized carbons (Fsp3) is 0.188. The van der Waals surface area contributed by atoms with Crippen molar-refractivity contribution in [1.82, 2.24) is 0 Å². The van der Waals surface area contributed by atoms with Crippen LogP contribution in [0.4, 0.5) is 0 Å². The fourth-order valence-electron chi connectivity index (χ4n) is 1.59. The van der Waals surface area contributed by atoms with Gasteiger partial charge in [0, 0.05) is 0 Å². The van der Waals surface area contributed by atoms with Gasteiger partial charge >= 0.3 is 0 Å². The van der Waals surface area contributed by atoms with E-state index < -0.39 is 6.10 Å². The van der Waals surface area contributed by atoms with Crippen molar-refractivity contribution >= 4 is 0 Å². The van der Waals surface area contributed by atoms with Gasteiger partial charge in [-0.15, -0.1) is 0 Å². The largest absolute Gasteiger partial charge is 0.489 e. The number of hydrogen-bond acceptors (Lipinski definition) is 3. The first-order valence-electron chi connectivity index (χ1n) is 6.11. The molecule has 0 saturated heterocycles. The predicted octanol–water partition coefficient (Wildman–Crippen LogP) is 3.56. The standard InChI is InChI=1S/C16H15NO2/c1-13(11-17)19-16-9-7-15(8-10-16)18-12-14-5-3-2-4-6-14/h2-10,13H,12H2,1H3/t13-/m1/s1. The molecule has 19 heavy (non-hydrogen) atoms. The van der Waals surface area contributed by atoms with Crippen LogP contribution in [0.25, 0.3) is 0 Å². The Balaban J connectivity index is 1.90. The molecule has 0 aliphatic carbocycles. The van der Waals surface area contributed by atoms with Crippen LogP contribution in [0.15, 0.2) is 54.6 Å². The normalized spacial score (nSPS) is 11.4. The molecular weight excluding hydrogens is 238 g/mol. The zero-order valence-corrected chi connectivity index (χ0v) is 10.7. The number of nitriles is 1. The zero-order chi connectivity index (χ0) is 13.5. The van der Waals surface area contributed by atoms with Crippen LogP contribution in [0.5, 0.6) is 11.5 Å². The molecule has 96 valence electrons. The summed E-state index contributed by atoms with van der Waals surface area (Å²) in [6.45, 7) is 2.25. The van der Waals surface area contributed by atoms with Crippen molar-refractivity contribution in [2.75, 3.05) is 0 Å². The molecule has 0 fully saturated rings. The molecule has 3 nitrogen and oxygen atoms in total. The molecule has 2 rings (SSSR count). The fourth-order valence-corrected chi connectivity index (χ4v) is 1.59. The molecule has 3 heteroatoms. The summed E-state index contributed by atoms with van der Waals surface area (Å²) in [5.41, 5.74) is 1.13. The van der Waals surface area contributed by atoms with Gasteiger partial charge in [-0.05, 0) is 36.8 Å². The molecule has 0 N–H and O–H groups in total. The maximum Gasteiger partial charge on any atom is 0.181 e. The summed E-state index contributed by atoms with van der Waals surface area (Å²) >= 11 is 0. The molecule has 0 saturated carbocycles. The van der Waals surface area contributed by atoms with E-state index in [0.29, 0.717) is 12.4 Å². The zero-order valence-electron chi connectivity index (χ0n) is 10.7. The van der Waals surface area contributed by atoms with Crippen molar-refractivity contribution in [2.45, 2.75) is 19.6 Å². The molecule has 2 aromatic carbocycles. The van der Waals surface area contributed by atoms with E-state index in [4.69, 9.17) is 14.7 Å². The molecule has 0 aliphatic heterocycles. The van der Waals surface area contributed by atoms with Gasteiger partial charge in [0.2, 0.25) is 0 Å². The molecule has 0 heterocycles. The maximum absolute atomic E-state index is 8.66. The van der Waals surface area contributed by atoms with Gasteiger partial charge in [0.15, 0.2) is 6.10 Å². The van der Waals surface area contributed by atoms with Crippen LogP contribution >= 0.6 is 0 Å². The first kappa shape index (κ1) is 13.0. The molecule has 0 bridgehead atoms. The monoisotopic (exact) mass is 253 g/mol. The first-order valence-corrected chi connectivity index (χ1v) is 6.11. The average molecular weight is 253 g/mol. The van der Waals surface area contributed by atoms with E-state index >= 15 is 0 Å². The minimum absolute atomic E-state index is 0.448. The van der Waals surface area contributed by atoms with Crippen LogP contribution in [0.3, 0.4) is 0 Å². The summed E-state index contributed by atoms with van der Waals surface area (Å²) in [5, 5.41) is 8.66. The van der Waals surface area contributed by atoms with E-state index in [2.05, 4.69) is 0 Å². The Kier molecular flexibility index (Phi) is 4.41. The highest BCUT2D eigenvalue weighted by Gasteiger charge is 2.02. The van der Waals surface area contributed by atoms with Crippen molar-refractivity contribution in [3.05, 3.63) is 60.2 Å². The van der Waals surface area contributed by atoms with E-state index in [1.54, 1.807) is 19.1 Å². The molecule has 1 atom stereocenters. The van der Waals surface area contributed by atoms with Crippen LogP contribution in [0.2, 0.25) is 0 Å². The summed E-state index contributed by atoms with van der Waals surface area (Å²) in [5.74, 6) is 1.45. The van der Waals surface area contributed by atoms with Crippen molar-refractivity contribution in [3.63, 3.8) is 0 Å². The quantitative estimate of drug-likeness (QED) is 0.818. The summed E-state index contributed by atoms with van der Waals surface area (Å²) in [4.78, 5) is 0. The molecule has 0 spiro atoms. The Hall–Kier alpha value is -2.47. The molecular formula is C16H15NO2. The highest BCUT2D eigenvalue weighted by Crippen LogP contribution is 2.19. The topological polar surface area (TPSA) is 42.2 Å². The minimum atomic E-state index is -0.448. The Bertz CT molecular complexity index is 543. The van der Waals surface area contributed by atoms with Gasteiger partial charge in [-0.2, -0.15) is 5.26 Å². The highest BCUT2D eigenvalue weighted by molar-refractivity contribution is 5.32. The van der Waals surface area contributed by atoms with E-state index in [1.165, 1.54) is 0 Å². The second-order valence-electron chi connectivity index (χ2n) is 4.13. The third-order valence-corrected chi connectivity index (χ3v) is 2.57. The number of nitrogens with zero attached hydrogens (tertiary/aromatic N) is 1. The summed E-state index contributed by atoms with van der Waals surface area (Å²) in [6, 6.07) is 19.3. The third kappa shape index (κ3) is 4.04. The summed E-state index contributed by atoms with van der Waals surface area (Å²) in [7, 11) is 0. The van der Waals surface area contributed by atoms with Crippen molar-refractivity contribution in [2.24, 2.45) is 0 Å². The Morgan fingerprint density at radius 3 is 2.26 bits per heavy atom. The summed E-state index contributed by atoms with van der Waals surface area (Å²) in [6.07, 6.45) is -0.448. The Labute approximate surface area is 113 Å². The Morgan fingerprint density at radius 1 is 1.00 bits per heavy atom. The molecule has 0 aliphatic rings. The van der Waals surface area contributed by atoms with Gasteiger partial charge in [0.25, 0.3) is 0 Å². The number of rotatable bonds is 5. The van der Waals surface area contributed by atoms with Gasteiger partial charge in [-0.1, -0.05) is 30.3 Å². The number of hydrogen-bond donors (Lipinski definition) is 0. The van der Waals surface area contributed by atoms with Crippen molar-refractivity contribution in [3.8, 4) is 17.6 Å².